The smallest absolute Gasteiger partial charge is 0.220 e. The van der Waals surface area contributed by atoms with E-state index in [0.717, 1.165) is 18.7 Å². The predicted molar refractivity (Wildman–Crippen MR) is 76.3 cm³/mol. The van der Waals surface area contributed by atoms with Crippen LogP contribution in [-0.2, 0) is 4.79 Å². The van der Waals surface area contributed by atoms with E-state index in [0.29, 0.717) is 17.9 Å². The van der Waals surface area contributed by atoms with Crippen LogP contribution in [-0.4, -0.2) is 24.6 Å². The van der Waals surface area contributed by atoms with Crippen LogP contribution in [0.25, 0.3) is 0 Å². The molecule has 1 saturated heterocycles. The minimum absolute atomic E-state index is 0.0895. The summed E-state index contributed by atoms with van der Waals surface area (Å²) in [7, 11) is 0. The van der Waals surface area contributed by atoms with Crippen molar-refractivity contribution < 1.29 is 9.53 Å². The van der Waals surface area contributed by atoms with Crippen molar-refractivity contribution in [2.75, 3.05) is 17.6 Å². The average Bonchev–Trinajstić information content (AvgIpc) is 2.75. The minimum atomic E-state index is 0.0895. The molecule has 1 unspecified atom stereocenters. The number of nitrogens with two attached hydrogens (primary N) is 1. The van der Waals surface area contributed by atoms with E-state index < -0.39 is 0 Å². The first-order valence-corrected chi connectivity index (χ1v) is 6.64. The highest BCUT2D eigenvalue weighted by molar-refractivity contribution is 5.78. The van der Waals surface area contributed by atoms with Gasteiger partial charge in [0.15, 0.2) is 0 Å². The number of benzene rings is 1. The first kappa shape index (κ1) is 13.5. The lowest BCUT2D eigenvalue weighted by molar-refractivity contribution is -0.119. The highest BCUT2D eigenvalue weighted by atomic mass is 16.5. The van der Waals surface area contributed by atoms with E-state index in [1.165, 1.54) is 0 Å². The summed E-state index contributed by atoms with van der Waals surface area (Å²) in [6.07, 6.45) is 1.60. The Morgan fingerprint density at radius 2 is 2.32 bits per heavy atom. The van der Waals surface area contributed by atoms with Crippen molar-refractivity contribution in [2.24, 2.45) is 0 Å². The summed E-state index contributed by atoms with van der Waals surface area (Å²) in [5.74, 6) is 0.823. The van der Waals surface area contributed by atoms with Crippen LogP contribution in [0.4, 0.5) is 11.4 Å². The van der Waals surface area contributed by atoms with Crippen molar-refractivity contribution in [3.63, 3.8) is 0 Å². The van der Waals surface area contributed by atoms with Crippen molar-refractivity contribution in [3.05, 3.63) is 18.2 Å². The zero-order chi connectivity index (χ0) is 13.8. The summed E-state index contributed by atoms with van der Waals surface area (Å²) in [5, 5.41) is 6.22. The molecule has 2 rings (SSSR count). The van der Waals surface area contributed by atoms with Crippen molar-refractivity contribution >= 4 is 17.3 Å². The Hall–Kier alpha value is -1.91. The van der Waals surface area contributed by atoms with Gasteiger partial charge in [-0.2, -0.15) is 0 Å². The molecule has 1 fully saturated rings. The molecule has 1 aliphatic heterocycles. The molecule has 0 saturated carbocycles. The highest BCUT2D eigenvalue weighted by Crippen LogP contribution is 2.26. The van der Waals surface area contributed by atoms with Gasteiger partial charge < -0.3 is 21.1 Å². The zero-order valence-electron chi connectivity index (χ0n) is 11.4. The summed E-state index contributed by atoms with van der Waals surface area (Å²) in [6, 6.07) is 5.85. The normalized spacial score (nSPS) is 18.5. The van der Waals surface area contributed by atoms with E-state index in [-0.39, 0.29) is 18.1 Å². The third-order valence-corrected chi connectivity index (χ3v) is 3.01. The topological polar surface area (TPSA) is 76.4 Å². The Morgan fingerprint density at radius 1 is 1.53 bits per heavy atom. The number of anilines is 2. The number of hydrogen-bond acceptors (Lipinski definition) is 4. The molecule has 0 radical (unpaired) electrons. The van der Waals surface area contributed by atoms with Gasteiger partial charge in [-0.3, -0.25) is 4.79 Å². The van der Waals surface area contributed by atoms with Crippen molar-refractivity contribution in [1.29, 1.82) is 0 Å². The lowest BCUT2D eigenvalue weighted by Crippen LogP contribution is -2.31. The van der Waals surface area contributed by atoms with Gasteiger partial charge in [-0.25, -0.2) is 0 Å². The molecule has 0 aliphatic carbocycles. The van der Waals surface area contributed by atoms with E-state index >= 15 is 0 Å². The Morgan fingerprint density at radius 3 is 2.95 bits per heavy atom. The predicted octanol–water partition coefficient (Wildman–Crippen LogP) is 1.75. The van der Waals surface area contributed by atoms with E-state index in [9.17, 15) is 4.79 Å². The van der Waals surface area contributed by atoms with Crippen LogP contribution < -0.4 is 21.1 Å². The van der Waals surface area contributed by atoms with Crippen LogP contribution in [0.2, 0.25) is 0 Å². The minimum Gasteiger partial charge on any atom is -0.489 e. The summed E-state index contributed by atoms with van der Waals surface area (Å²) >= 11 is 0. The fourth-order valence-corrected chi connectivity index (χ4v) is 2.07. The number of nitrogen functional groups attached to an aromatic ring is 1. The van der Waals surface area contributed by atoms with Gasteiger partial charge in [-0.15, -0.1) is 0 Å². The van der Waals surface area contributed by atoms with E-state index in [1.54, 1.807) is 0 Å². The van der Waals surface area contributed by atoms with Crippen molar-refractivity contribution in [1.82, 2.24) is 5.32 Å². The molecule has 0 bridgehead atoms. The van der Waals surface area contributed by atoms with Crippen LogP contribution in [0.1, 0.15) is 26.7 Å². The lowest BCUT2D eigenvalue weighted by atomic mass is 10.2. The molecule has 104 valence electrons. The Balaban J connectivity index is 1.94. The molecule has 1 aromatic carbocycles. The Labute approximate surface area is 113 Å². The molecule has 5 heteroatoms. The number of carbonyl (C=O) groups is 1. The Bertz CT molecular complexity index is 460. The second kappa shape index (κ2) is 5.82. The number of ether oxygens (including phenoxy) is 1. The second-order valence-electron chi connectivity index (χ2n) is 5.10. The fraction of sp³-hybridized carbons (Fsp3) is 0.500. The van der Waals surface area contributed by atoms with E-state index in [2.05, 4.69) is 10.6 Å². The van der Waals surface area contributed by atoms with Gasteiger partial charge in [-0.05, 0) is 32.4 Å². The lowest BCUT2D eigenvalue weighted by Gasteiger charge is -2.16. The van der Waals surface area contributed by atoms with Gasteiger partial charge in [0, 0.05) is 30.8 Å². The Kier molecular flexibility index (Phi) is 4.14. The van der Waals surface area contributed by atoms with Gasteiger partial charge >= 0.3 is 0 Å². The zero-order valence-corrected chi connectivity index (χ0v) is 11.4. The molecular weight excluding hydrogens is 242 g/mol. The first-order chi connectivity index (χ1) is 9.04. The van der Waals surface area contributed by atoms with Crippen LogP contribution in [0.5, 0.6) is 5.75 Å². The van der Waals surface area contributed by atoms with Crippen molar-refractivity contribution in [3.8, 4) is 5.75 Å². The largest absolute Gasteiger partial charge is 0.489 e. The van der Waals surface area contributed by atoms with Crippen molar-refractivity contribution in [2.45, 2.75) is 38.8 Å². The molecule has 0 spiro atoms. The van der Waals surface area contributed by atoms with Gasteiger partial charge in [-0.1, -0.05) is 0 Å². The fourth-order valence-electron chi connectivity index (χ4n) is 2.07. The monoisotopic (exact) mass is 263 g/mol. The summed E-state index contributed by atoms with van der Waals surface area (Å²) in [6.45, 7) is 4.65. The quantitative estimate of drug-likeness (QED) is 0.707. The number of rotatable bonds is 5. The summed E-state index contributed by atoms with van der Waals surface area (Å²) in [5.41, 5.74) is 7.45. The third kappa shape index (κ3) is 3.77. The second-order valence-corrected chi connectivity index (χ2v) is 5.10. The molecule has 1 aliphatic rings. The number of nitrogens with one attached hydrogen (secondary N) is 2. The molecule has 1 heterocycles. The van der Waals surface area contributed by atoms with E-state index in [4.69, 9.17) is 10.5 Å². The molecule has 5 nitrogen and oxygen atoms in total. The maximum atomic E-state index is 11.1. The molecule has 1 atom stereocenters. The molecule has 19 heavy (non-hydrogen) atoms. The molecule has 1 aromatic rings. The molecular formula is C14H21N3O2. The number of amides is 1. The van der Waals surface area contributed by atoms with E-state index in [1.807, 2.05) is 32.0 Å². The molecule has 1 amide bonds. The van der Waals surface area contributed by atoms with Crippen LogP contribution in [0.15, 0.2) is 18.2 Å². The maximum Gasteiger partial charge on any atom is 0.220 e. The first-order valence-electron chi connectivity index (χ1n) is 6.64. The standard InChI is InChI=1S/C14H21N3O2/c1-9(2)19-13-7-10(3-5-12(13)15)16-8-11-4-6-14(18)17-11/h3,5,7,9,11,16H,4,6,8,15H2,1-2H3,(H,17,18). The third-order valence-electron chi connectivity index (χ3n) is 3.01. The van der Waals surface area contributed by atoms with Gasteiger partial charge in [0.1, 0.15) is 5.75 Å². The number of hydrogen-bond donors (Lipinski definition) is 3. The molecule has 0 aromatic heterocycles. The van der Waals surface area contributed by atoms with Gasteiger partial charge in [0.05, 0.1) is 11.8 Å². The SMILES string of the molecule is CC(C)Oc1cc(NCC2CCC(=O)N2)ccc1N. The van der Waals surface area contributed by atoms with Crippen LogP contribution >= 0.6 is 0 Å². The van der Waals surface area contributed by atoms with Gasteiger partial charge in [0.25, 0.3) is 0 Å². The summed E-state index contributed by atoms with van der Waals surface area (Å²) < 4.78 is 5.64. The highest BCUT2D eigenvalue weighted by Gasteiger charge is 2.20. The summed E-state index contributed by atoms with van der Waals surface area (Å²) in [4.78, 5) is 11.1. The number of carbonyl (C=O) groups excluding carboxylic acids is 1. The maximum absolute atomic E-state index is 11.1. The van der Waals surface area contributed by atoms with Crippen LogP contribution in [0.3, 0.4) is 0 Å². The van der Waals surface area contributed by atoms with Crippen LogP contribution in [0, 0.1) is 0 Å². The molecule has 4 N–H and O–H groups in total. The van der Waals surface area contributed by atoms with Gasteiger partial charge in [0.2, 0.25) is 5.91 Å². The average molecular weight is 263 g/mol.